The Morgan fingerprint density at radius 1 is 1.12 bits per heavy atom. The van der Waals surface area contributed by atoms with E-state index in [2.05, 4.69) is 20.6 Å². The molecule has 1 unspecified atom stereocenters. The molecule has 0 radical (unpaired) electrons. The van der Waals surface area contributed by atoms with Gasteiger partial charge >= 0.3 is 0 Å². The molecular formula is C24H27FN6O2. The molecule has 0 saturated heterocycles. The van der Waals surface area contributed by atoms with Crippen LogP contribution in [0.25, 0.3) is 11.3 Å². The minimum absolute atomic E-state index is 0.0364. The van der Waals surface area contributed by atoms with Crippen molar-refractivity contribution < 1.29 is 13.9 Å². The number of anilines is 3. The van der Waals surface area contributed by atoms with Gasteiger partial charge in [-0.15, -0.1) is 0 Å². The lowest BCUT2D eigenvalue weighted by atomic mass is 9.91. The van der Waals surface area contributed by atoms with Gasteiger partial charge in [0.05, 0.1) is 18.4 Å². The number of nitrogens with one attached hydrogen (secondary N) is 2. The summed E-state index contributed by atoms with van der Waals surface area (Å²) in [6.07, 6.45) is 5.41. The van der Waals surface area contributed by atoms with Crippen molar-refractivity contribution >= 4 is 23.2 Å². The van der Waals surface area contributed by atoms with E-state index in [9.17, 15) is 9.18 Å². The van der Waals surface area contributed by atoms with Crippen LogP contribution in [-0.4, -0.2) is 35.1 Å². The second-order valence-electron chi connectivity index (χ2n) is 8.06. The maximum absolute atomic E-state index is 14.7. The van der Waals surface area contributed by atoms with E-state index in [-0.39, 0.29) is 29.3 Å². The monoisotopic (exact) mass is 450 g/mol. The van der Waals surface area contributed by atoms with E-state index in [1.807, 2.05) is 30.3 Å². The summed E-state index contributed by atoms with van der Waals surface area (Å²) in [6, 6.07) is 11.9. The fraction of sp³-hybridized carbons (Fsp3) is 0.292. The first kappa shape index (κ1) is 22.5. The van der Waals surface area contributed by atoms with Crippen LogP contribution in [0.15, 0.2) is 48.7 Å². The Morgan fingerprint density at radius 3 is 2.58 bits per heavy atom. The molecule has 9 heteroatoms. The predicted octanol–water partition coefficient (Wildman–Crippen LogP) is 3.82. The molecule has 4 rings (SSSR count). The van der Waals surface area contributed by atoms with Crippen molar-refractivity contribution in [2.24, 2.45) is 11.5 Å². The number of carbonyl (C=O) groups is 1. The molecule has 0 aliphatic heterocycles. The average molecular weight is 451 g/mol. The Morgan fingerprint density at radius 2 is 1.88 bits per heavy atom. The Balaban J connectivity index is 1.63. The molecule has 1 fully saturated rings. The van der Waals surface area contributed by atoms with Crippen LogP contribution in [0.3, 0.4) is 0 Å². The Labute approximate surface area is 191 Å². The number of ether oxygens (including phenoxy) is 1. The fourth-order valence-electron chi connectivity index (χ4n) is 3.95. The van der Waals surface area contributed by atoms with Gasteiger partial charge in [-0.3, -0.25) is 9.78 Å². The van der Waals surface area contributed by atoms with Crippen molar-refractivity contribution in [3.8, 4) is 17.0 Å². The molecule has 2 atom stereocenters. The predicted molar refractivity (Wildman–Crippen MR) is 126 cm³/mol. The number of rotatable bonds is 7. The highest BCUT2D eigenvalue weighted by Gasteiger charge is 2.24. The third-order valence-corrected chi connectivity index (χ3v) is 5.79. The Kier molecular flexibility index (Phi) is 6.69. The van der Waals surface area contributed by atoms with Crippen LogP contribution in [0.5, 0.6) is 5.75 Å². The highest BCUT2D eigenvalue weighted by Crippen LogP contribution is 2.28. The third-order valence-electron chi connectivity index (χ3n) is 5.79. The maximum Gasteiger partial charge on any atom is 0.252 e. The molecule has 0 bridgehead atoms. The number of nitrogens with zero attached hydrogens (tertiary/aromatic N) is 2. The summed E-state index contributed by atoms with van der Waals surface area (Å²) in [4.78, 5) is 20.7. The van der Waals surface area contributed by atoms with Gasteiger partial charge < -0.3 is 26.8 Å². The lowest BCUT2D eigenvalue weighted by Gasteiger charge is -2.30. The zero-order valence-corrected chi connectivity index (χ0v) is 18.3. The Bertz CT molecular complexity index is 1140. The standard InChI is InChI=1S/C24H27FN6O2/c1-33-16-8-6-14(7-9-16)21-12-15(10-11-28-21)29-23-17(22(27)32)13-18(25)24(31-23)30-20-5-3-2-4-19(20)26/h6-13,19-20H,2-5,26H2,1H3,(H2,27,32)(H2,28,29,30,31)/t19-,20?/m0/s1. The number of pyridine rings is 2. The minimum atomic E-state index is -0.783. The molecule has 0 spiro atoms. The van der Waals surface area contributed by atoms with E-state index in [0.717, 1.165) is 43.1 Å². The number of hydrogen-bond acceptors (Lipinski definition) is 7. The number of methoxy groups -OCH3 is 1. The molecule has 1 aliphatic rings. The number of nitrogens with two attached hydrogens (primary N) is 2. The SMILES string of the molecule is COc1ccc(-c2cc(Nc3nc(NC4CCCC[C@@H]4N)c(F)cc3C(N)=O)ccn2)cc1. The first-order chi connectivity index (χ1) is 15.9. The van der Waals surface area contributed by atoms with E-state index < -0.39 is 11.7 Å². The van der Waals surface area contributed by atoms with Crippen molar-refractivity contribution in [2.75, 3.05) is 17.7 Å². The zero-order valence-electron chi connectivity index (χ0n) is 18.3. The third kappa shape index (κ3) is 5.20. The number of carbonyl (C=O) groups excluding carboxylic acids is 1. The summed E-state index contributed by atoms with van der Waals surface area (Å²) in [7, 11) is 1.61. The molecule has 2 aromatic heterocycles. The molecular weight excluding hydrogens is 423 g/mol. The van der Waals surface area contributed by atoms with Gasteiger partial charge in [-0.1, -0.05) is 12.8 Å². The summed E-state index contributed by atoms with van der Waals surface area (Å²) in [5.74, 6) is -0.501. The molecule has 3 aromatic rings. The number of halogens is 1. The number of benzene rings is 1. The summed E-state index contributed by atoms with van der Waals surface area (Å²) < 4.78 is 19.9. The normalized spacial score (nSPS) is 17.9. The lowest BCUT2D eigenvalue weighted by Crippen LogP contribution is -2.43. The van der Waals surface area contributed by atoms with Gasteiger partial charge in [0.1, 0.15) is 11.6 Å². The van der Waals surface area contributed by atoms with Gasteiger partial charge in [-0.05, 0) is 55.3 Å². The largest absolute Gasteiger partial charge is 0.497 e. The van der Waals surface area contributed by atoms with Gasteiger partial charge in [0.2, 0.25) is 0 Å². The van der Waals surface area contributed by atoms with Gasteiger partial charge in [0, 0.05) is 29.5 Å². The van der Waals surface area contributed by atoms with Crippen LogP contribution in [-0.2, 0) is 0 Å². The first-order valence-corrected chi connectivity index (χ1v) is 10.8. The second-order valence-corrected chi connectivity index (χ2v) is 8.06. The van der Waals surface area contributed by atoms with E-state index >= 15 is 0 Å². The molecule has 6 N–H and O–H groups in total. The summed E-state index contributed by atoms with van der Waals surface area (Å²) >= 11 is 0. The summed E-state index contributed by atoms with van der Waals surface area (Å²) in [5, 5.41) is 6.20. The number of primary amides is 1. The molecule has 1 amide bonds. The van der Waals surface area contributed by atoms with Crippen LogP contribution >= 0.6 is 0 Å². The van der Waals surface area contributed by atoms with Crippen molar-refractivity contribution in [2.45, 2.75) is 37.8 Å². The van der Waals surface area contributed by atoms with Crippen LogP contribution in [0, 0.1) is 5.82 Å². The van der Waals surface area contributed by atoms with E-state index in [4.69, 9.17) is 16.2 Å². The van der Waals surface area contributed by atoms with Crippen LogP contribution in [0.2, 0.25) is 0 Å². The summed E-state index contributed by atoms with van der Waals surface area (Å²) in [6.45, 7) is 0. The first-order valence-electron chi connectivity index (χ1n) is 10.8. The number of aromatic nitrogens is 2. The van der Waals surface area contributed by atoms with Crippen LogP contribution in [0.4, 0.5) is 21.7 Å². The summed E-state index contributed by atoms with van der Waals surface area (Å²) in [5.41, 5.74) is 13.8. The van der Waals surface area contributed by atoms with Gasteiger partial charge in [0.25, 0.3) is 5.91 Å². The average Bonchev–Trinajstić information content (AvgIpc) is 2.82. The molecule has 33 heavy (non-hydrogen) atoms. The molecule has 1 aliphatic carbocycles. The quantitative estimate of drug-likeness (QED) is 0.431. The van der Waals surface area contributed by atoms with E-state index in [1.54, 1.807) is 19.4 Å². The topological polar surface area (TPSA) is 128 Å². The second kappa shape index (κ2) is 9.83. The molecule has 1 aromatic carbocycles. The fourth-order valence-corrected chi connectivity index (χ4v) is 3.95. The van der Waals surface area contributed by atoms with Crippen molar-refractivity contribution in [1.29, 1.82) is 0 Å². The molecule has 8 nitrogen and oxygen atoms in total. The van der Waals surface area contributed by atoms with Gasteiger partial charge in [-0.25, -0.2) is 9.37 Å². The zero-order chi connectivity index (χ0) is 23.4. The van der Waals surface area contributed by atoms with Crippen molar-refractivity contribution in [3.63, 3.8) is 0 Å². The van der Waals surface area contributed by atoms with E-state index in [1.165, 1.54) is 0 Å². The number of hydrogen-bond donors (Lipinski definition) is 4. The van der Waals surface area contributed by atoms with Gasteiger partial charge in [0.15, 0.2) is 11.6 Å². The van der Waals surface area contributed by atoms with Crippen LogP contribution in [0.1, 0.15) is 36.0 Å². The highest BCUT2D eigenvalue weighted by atomic mass is 19.1. The smallest absolute Gasteiger partial charge is 0.252 e. The lowest BCUT2D eigenvalue weighted by molar-refractivity contribution is 0.100. The Hall–Kier alpha value is -3.72. The van der Waals surface area contributed by atoms with Crippen molar-refractivity contribution in [3.05, 3.63) is 60.0 Å². The highest BCUT2D eigenvalue weighted by molar-refractivity contribution is 5.98. The molecule has 172 valence electrons. The van der Waals surface area contributed by atoms with Crippen LogP contribution < -0.4 is 26.8 Å². The van der Waals surface area contributed by atoms with Gasteiger partial charge in [-0.2, -0.15) is 0 Å². The molecule has 1 saturated carbocycles. The molecule has 2 heterocycles. The number of amides is 1. The van der Waals surface area contributed by atoms with Crippen molar-refractivity contribution in [1.82, 2.24) is 9.97 Å². The maximum atomic E-state index is 14.7. The minimum Gasteiger partial charge on any atom is -0.497 e. The van der Waals surface area contributed by atoms with E-state index in [0.29, 0.717) is 11.4 Å².